The van der Waals surface area contributed by atoms with Crippen LogP contribution in [0.1, 0.15) is 17.0 Å². The Morgan fingerprint density at radius 3 is 2.31 bits per heavy atom. The van der Waals surface area contributed by atoms with Crippen molar-refractivity contribution in [2.75, 3.05) is 45.9 Å². The molecule has 2 aromatic rings. The van der Waals surface area contributed by atoms with Crippen molar-refractivity contribution in [1.29, 1.82) is 0 Å². The van der Waals surface area contributed by atoms with E-state index in [-0.39, 0.29) is 12.0 Å². The Kier molecular flexibility index (Phi) is 5.18. The Labute approximate surface area is 154 Å². The predicted octanol–water partition coefficient (Wildman–Crippen LogP) is 2.43. The second-order valence-corrected chi connectivity index (χ2v) is 6.84. The molecule has 1 aliphatic carbocycles. The van der Waals surface area contributed by atoms with E-state index in [1.54, 1.807) is 0 Å². The minimum atomic E-state index is -0.331. The lowest BCUT2D eigenvalue weighted by molar-refractivity contribution is 0.140. The maximum atomic E-state index is 12.1. The Morgan fingerprint density at radius 2 is 1.65 bits per heavy atom. The smallest absolute Gasteiger partial charge is 0.407 e. The van der Waals surface area contributed by atoms with E-state index in [0.717, 1.165) is 32.7 Å². The van der Waals surface area contributed by atoms with E-state index >= 15 is 0 Å². The highest BCUT2D eigenvalue weighted by Gasteiger charge is 2.28. The van der Waals surface area contributed by atoms with Gasteiger partial charge in [-0.05, 0) is 22.3 Å². The number of carbonyl (C=O) groups is 1. The number of nitrogens with one attached hydrogen (secondary N) is 2. The average molecular weight is 351 g/mol. The van der Waals surface area contributed by atoms with Crippen LogP contribution in [0.5, 0.6) is 0 Å². The summed E-state index contributed by atoms with van der Waals surface area (Å²) in [6, 6.07) is 16.8. The molecule has 0 radical (unpaired) electrons. The maximum absolute atomic E-state index is 12.1. The zero-order valence-electron chi connectivity index (χ0n) is 14.9. The highest BCUT2D eigenvalue weighted by Crippen LogP contribution is 2.44. The summed E-state index contributed by atoms with van der Waals surface area (Å²) in [6.45, 7) is 5.96. The number of benzene rings is 2. The number of alkyl carbamates (subject to hydrolysis) is 1. The summed E-state index contributed by atoms with van der Waals surface area (Å²) in [5.74, 6) is 0.112. The number of amides is 1. The van der Waals surface area contributed by atoms with Gasteiger partial charge in [0.25, 0.3) is 0 Å². The van der Waals surface area contributed by atoms with Crippen molar-refractivity contribution in [3.63, 3.8) is 0 Å². The summed E-state index contributed by atoms with van der Waals surface area (Å²) >= 11 is 0. The molecule has 2 aromatic carbocycles. The van der Waals surface area contributed by atoms with Gasteiger partial charge in [-0.25, -0.2) is 4.79 Å². The monoisotopic (exact) mass is 351 g/mol. The van der Waals surface area contributed by atoms with Gasteiger partial charge < -0.3 is 15.4 Å². The molecule has 1 aliphatic heterocycles. The van der Waals surface area contributed by atoms with Crippen LogP contribution in [0, 0.1) is 0 Å². The fourth-order valence-electron chi connectivity index (χ4n) is 3.90. The van der Waals surface area contributed by atoms with E-state index in [9.17, 15) is 4.79 Å². The quantitative estimate of drug-likeness (QED) is 0.869. The van der Waals surface area contributed by atoms with Gasteiger partial charge >= 0.3 is 6.09 Å². The Morgan fingerprint density at radius 1 is 1.04 bits per heavy atom. The van der Waals surface area contributed by atoms with E-state index < -0.39 is 0 Å². The lowest BCUT2D eigenvalue weighted by Crippen LogP contribution is -2.46. The van der Waals surface area contributed by atoms with Crippen LogP contribution >= 0.6 is 0 Å². The lowest BCUT2D eigenvalue weighted by Gasteiger charge is -2.27. The molecule has 0 spiro atoms. The molecule has 2 N–H and O–H groups in total. The van der Waals surface area contributed by atoms with Crippen LogP contribution in [0.15, 0.2) is 48.5 Å². The summed E-state index contributed by atoms with van der Waals surface area (Å²) in [5, 5.41) is 6.21. The third kappa shape index (κ3) is 3.59. The Bertz CT molecular complexity index is 726. The predicted molar refractivity (Wildman–Crippen MR) is 102 cm³/mol. The summed E-state index contributed by atoms with van der Waals surface area (Å²) in [7, 11) is 0. The average Bonchev–Trinajstić information content (AvgIpc) is 3.01. The fraction of sp³-hybridized carbons (Fsp3) is 0.381. The Balaban J connectivity index is 1.32. The topological polar surface area (TPSA) is 53.6 Å². The number of hydrogen-bond donors (Lipinski definition) is 2. The number of fused-ring (bicyclic) bond motifs is 3. The van der Waals surface area contributed by atoms with Crippen molar-refractivity contribution in [3.05, 3.63) is 59.7 Å². The fourth-order valence-corrected chi connectivity index (χ4v) is 3.90. The van der Waals surface area contributed by atoms with Crippen molar-refractivity contribution in [2.45, 2.75) is 5.92 Å². The van der Waals surface area contributed by atoms with E-state index in [0.29, 0.717) is 13.2 Å². The molecule has 1 heterocycles. The zero-order valence-corrected chi connectivity index (χ0v) is 14.9. The third-order valence-electron chi connectivity index (χ3n) is 5.25. The number of carbonyl (C=O) groups excluding carboxylic acids is 1. The lowest BCUT2D eigenvalue weighted by atomic mass is 9.98. The molecule has 0 bridgehead atoms. The van der Waals surface area contributed by atoms with Crippen LogP contribution in [0.3, 0.4) is 0 Å². The molecule has 0 unspecified atom stereocenters. The van der Waals surface area contributed by atoms with Crippen LogP contribution in [0.25, 0.3) is 11.1 Å². The summed E-state index contributed by atoms with van der Waals surface area (Å²) < 4.78 is 5.55. The highest BCUT2D eigenvalue weighted by atomic mass is 16.5. The molecule has 1 fully saturated rings. The van der Waals surface area contributed by atoms with Gasteiger partial charge in [0.15, 0.2) is 0 Å². The van der Waals surface area contributed by atoms with Crippen molar-refractivity contribution in [3.8, 4) is 11.1 Å². The van der Waals surface area contributed by atoms with Crippen LogP contribution in [0.4, 0.5) is 4.79 Å². The zero-order chi connectivity index (χ0) is 17.8. The van der Waals surface area contributed by atoms with Crippen molar-refractivity contribution in [2.24, 2.45) is 0 Å². The van der Waals surface area contributed by atoms with Gasteiger partial charge in [0, 0.05) is 45.2 Å². The van der Waals surface area contributed by atoms with E-state index in [4.69, 9.17) is 4.74 Å². The van der Waals surface area contributed by atoms with E-state index in [1.807, 2.05) is 12.1 Å². The molecule has 136 valence electrons. The minimum absolute atomic E-state index is 0.112. The first-order valence-corrected chi connectivity index (χ1v) is 9.35. The van der Waals surface area contributed by atoms with Crippen LogP contribution in [-0.2, 0) is 4.74 Å². The molecule has 0 atom stereocenters. The van der Waals surface area contributed by atoms with Crippen molar-refractivity contribution < 1.29 is 9.53 Å². The number of ether oxygens (including phenoxy) is 1. The minimum Gasteiger partial charge on any atom is -0.449 e. The second kappa shape index (κ2) is 7.89. The van der Waals surface area contributed by atoms with Crippen molar-refractivity contribution >= 4 is 6.09 Å². The van der Waals surface area contributed by atoms with Crippen LogP contribution in [-0.4, -0.2) is 56.9 Å². The number of piperazine rings is 1. The molecule has 0 aromatic heterocycles. The highest BCUT2D eigenvalue weighted by molar-refractivity contribution is 5.79. The molecule has 1 saturated heterocycles. The number of nitrogens with zero attached hydrogens (tertiary/aromatic N) is 1. The first-order valence-electron chi connectivity index (χ1n) is 9.35. The molecule has 5 heteroatoms. The normalized spacial score (nSPS) is 16.8. The van der Waals surface area contributed by atoms with Gasteiger partial charge in [-0.15, -0.1) is 0 Å². The van der Waals surface area contributed by atoms with E-state index in [1.165, 1.54) is 22.3 Å². The van der Waals surface area contributed by atoms with Gasteiger partial charge in [-0.2, -0.15) is 0 Å². The van der Waals surface area contributed by atoms with Gasteiger partial charge in [-0.1, -0.05) is 48.5 Å². The molecule has 2 aliphatic rings. The van der Waals surface area contributed by atoms with Gasteiger partial charge in [0.2, 0.25) is 0 Å². The van der Waals surface area contributed by atoms with Crippen LogP contribution in [0.2, 0.25) is 0 Å². The molecular formula is C21H25N3O2. The first-order chi connectivity index (χ1) is 12.8. The number of hydrogen-bond acceptors (Lipinski definition) is 4. The third-order valence-corrected chi connectivity index (χ3v) is 5.25. The SMILES string of the molecule is O=C(NCCN1CCNCC1)OCC1c2ccccc2-c2ccccc21. The molecule has 0 saturated carbocycles. The first kappa shape index (κ1) is 17.1. The van der Waals surface area contributed by atoms with E-state index in [2.05, 4.69) is 51.9 Å². The largest absolute Gasteiger partial charge is 0.449 e. The molecule has 4 rings (SSSR count). The molecule has 1 amide bonds. The Hall–Kier alpha value is -2.37. The summed E-state index contributed by atoms with van der Waals surface area (Å²) in [6.07, 6.45) is -0.331. The summed E-state index contributed by atoms with van der Waals surface area (Å²) in [5.41, 5.74) is 4.97. The number of rotatable bonds is 5. The molecule has 26 heavy (non-hydrogen) atoms. The standard InChI is InChI=1S/C21H25N3O2/c25-21(23-11-14-24-12-9-22-10-13-24)26-15-20-18-7-3-1-5-16(18)17-6-2-4-8-19(17)20/h1-8,20,22H,9-15H2,(H,23,25). The van der Waals surface area contributed by atoms with Gasteiger partial charge in [-0.3, -0.25) is 4.90 Å². The van der Waals surface area contributed by atoms with Crippen LogP contribution < -0.4 is 10.6 Å². The van der Waals surface area contributed by atoms with Gasteiger partial charge in [0.05, 0.1) is 0 Å². The maximum Gasteiger partial charge on any atom is 0.407 e. The van der Waals surface area contributed by atoms with Crippen molar-refractivity contribution in [1.82, 2.24) is 15.5 Å². The van der Waals surface area contributed by atoms with Gasteiger partial charge in [0.1, 0.15) is 6.61 Å². The molecule has 5 nitrogen and oxygen atoms in total. The second-order valence-electron chi connectivity index (χ2n) is 6.84. The molecular weight excluding hydrogens is 326 g/mol. The summed E-state index contributed by atoms with van der Waals surface area (Å²) in [4.78, 5) is 14.4.